The first-order valence-corrected chi connectivity index (χ1v) is 7.89. The summed E-state index contributed by atoms with van der Waals surface area (Å²) in [5, 5.41) is 0. The highest BCUT2D eigenvalue weighted by Gasteiger charge is 2.19. The summed E-state index contributed by atoms with van der Waals surface area (Å²) < 4.78 is 42.4. The molecule has 112 valence electrons. The van der Waals surface area contributed by atoms with Gasteiger partial charge in [0, 0.05) is 13.0 Å². The molecule has 0 unspecified atom stereocenters. The van der Waals surface area contributed by atoms with E-state index in [9.17, 15) is 8.42 Å². The predicted octanol–water partition coefficient (Wildman–Crippen LogP) is 1.04. The van der Waals surface area contributed by atoms with Crippen LogP contribution in [-0.2, 0) is 19.5 Å². The van der Waals surface area contributed by atoms with Gasteiger partial charge >= 0.3 is 0 Å². The van der Waals surface area contributed by atoms with Crippen LogP contribution in [0.4, 0.5) is 0 Å². The summed E-state index contributed by atoms with van der Waals surface area (Å²) in [6.45, 7) is 3.21. The van der Waals surface area contributed by atoms with Crippen molar-refractivity contribution in [3.05, 3.63) is 23.8 Å². The minimum absolute atomic E-state index is 0.226. The number of hydrogen-bond acceptors (Lipinski definition) is 5. The second kappa shape index (κ2) is 6.53. The number of methoxy groups -OCH3 is 1. The van der Waals surface area contributed by atoms with Crippen molar-refractivity contribution in [1.29, 1.82) is 0 Å². The van der Waals surface area contributed by atoms with Crippen molar-refractivity contribution in [3.63, 3.8) is 0 Å². The van der Waals surface area contributed by atoms with Crippen LogP contribution in [0.15, 0.2) is 23.1 Å². The predicted molar refractivity (Wildman–Crippen MR) is 73.2 cm³/mol. The third kappa shape index (κ3) is 3.69. The molecule has 1 aromatic carbocycles. The first-order chi connectivity index (χ1) is 9.53. The molecule has 0 amide bonds. The van der Waals surface area contributed by atoms with Crippen LogP contribution in [0.5, 0.6) is 5.75 Å². The van der Waals surface area contributed by atoms with E-state index in [1.54, 1.807) is 26.2 Å². The van der Waals surface area contributed by atoms with Crippen molar-refractivity contribution in [2.75, 3.05) is 26.9 Å². The second-order valence-corrected chi connectivity index (χ2v) is 6.26. The van der Waals surface area contributed by atoms with E-state index in [4.69, 9.17) is 14.2 Å². The molecule has 1 fully saturated rings. The van der Waals surface area contributed by atoms with Gasteiger partial charge < -0.3 is 14.2 Å². The highest BCUT2D eigenvalue weighted by Crippen LogP contribution is 2.21. The van der Waals surface area contributed by atoms with E-state index in [0.29, 0.717) is 25.4 Å². The minimum atomic E-state index is -3.52. The molecular weight excluding hydrogens is 282 g/mol. The van der Waals surface area contributed by atoms with Crippen molar-refractivity contribution in [3.8, 4) is 5.75 Å². The van der Waals surface area contributed by atoms with Gasteiger partial charge in [0.15, 0.2) is 6.29 Å². The number of aryl methyl sites for hydroxylation is 1. The molecule has 1 heterocycles. The van der Waals surface area contributed by atoms with Crippen LogP contribution in [-0.4, -0.2) is 41.6 Å². The summed E-state index contributed by atoms with van der Waals surface area (Å²) in [6, 6.07) is 4.76. The summed E-state index contributed by atoms with van der Waals surface area (Å²) in [6.07, 6.45) is 0.185. The molecule has 0 aliphatic carbocycles. The largest absolute Gasteiger partial charge is 0.496 e. The van der Waals surface area contributed by atoms with E-state index in [1.165, 1.54) is 6.07 Å². The zero-order chi connectivity index (χ0) is 14.6. The van der Waals surface area contributed by atoms with Gasteiger partial charge in [0.1, 0.15) is 5.75 Å². The van der Waals surface area contributed by atoms with Crippen LogP contribution in [0.25, 0.3) is 0 Å². The third-order valence-electron chi connectivity index (χ3n) is 3.04. The molecule has 0 spiro atoms. The third-order valence-corrected chi connectivity index (χ3v) is 4.50. The number of nitrogens with one attached hydrogen (secondary N) is 1. The van der Waals surface area contributed by atoms with Crippen molar-refractivity contribution in [2.24, 2.45) is 0 Å². The molecule has 1 aliphatic heterocycles. The van der Waals surface area contributed by atoms with Gasteiger partial charge in [-0.3, -0.25) is 0 Å². The lowest BCUT2D eigenvalue weighted by Gasteiger charge is -2.11. The molecule has 1 aliphatic rings. The highest BCUT2D eigenvalue weighted by atomic mass is 32.2. The Kier molecular flexibility index (Phi) is 4.98. The summed E-state index contributed by atoms with van der Waals surface area (Å²) in [5.74, 6) is 0.664. The van der Waals surface area contributed by atoms with Crippen molar-refractivity contribution in [2.45, 2.75) is 24.5 Å². The van der Waals surface area contributed by atoms with Gasteiger partial charge in [-0.05, 0) is 30.7 Å². The Hall–Kier alpha value is -1.15. The maximum atomic E-state index is 12.1. The lowest BCUT2D eigenvalue weighted by molar-refractivity contribution is -0.0451. The van der Waals surface area contributed by atoms with Gasteiger partial charge in [-0.25, -0.2) is 13.1 Å². The average Bonchev–Trinajstić information content (AvgIpc) is 2.91. The lowest BCUT2D eigenvalue weighted by Crippen LogP contribution is -2.27. The van der Waals surface area contributed by atoms with E-state index in [1.807, 2.05) is 0 Å². The van der Waals surface area contributed by atoms with Crippen LogP contribution >= 0.6 is 0 Å². The van der Waals surface area contributed by atoms with Gasteiger partial charge in [0.05, 0.1) is 25.2 Å². The van der Waals surface area contributed by atoms with Gasteiger partial charge in [-0.15, -0.1) is 0 Å². The fraction of sp³-hybridized carbons (Fsp3) is 0.538. The fourth-order valence-corrected chi connectivity index (χ4v) is 3.12. The van der Waals surface area contributed by atoms with Crippen molar-refractivity contribution in [1.82, 2.24) is 4.72 Å². The zero-order valence-electron chi connectivity index (χ0n) is 11.6. The molecule has 6 nitrogen and oxygen atoms in total. The van der Waals surface area contributed by atoms with Gasteiger partial charge in [-0.1, -0.05) is 0 Å². The molecule has 0 aromatic heterocycles. The molecule has 0 bridgehead atoms. The molecule has 1 saturated heterocycles. The topological polar surface area (TPSA) is 73.9 Å². The highest BCUT2D eigenvalue weighted by molar-refractivity contribution is 7.89. The molecular formula is C13H19NO5S. The maximum Gasteiger partial charge on any atom is 0.240 e. The fourth-order valence-electron chi connectivity index (χ4n) is 1.99. The molecule has 0 saturated carbocycles. The molecule has 2 rings (SSSR count). The second-order valence-electron chi connectivity index (χ2n) is 4.49. The zero-order valence-corrected chi connectivity index (χ0v) is 12.4. The van der Waals surface area contributed by atoms with Crippen molar-refractivity contribution >= 4 is 10.0 Å². The molecule has 7 heteroatoms. The summed E-state index contributed by atoms with van der Waals surface area (Å²) >= 11 is 0. The Morgan fingerprint density at radius 3 is 2.65 bits per heavy atom. The van der Waals surface area contributed by atoms with Gasteiger partial charge in [0.2, 0.25) is 10.0 Å². The Bertz CT molecular complexity index is 552. The molecule has 1 aromatic rings. The van der Waals surface area contributed by atoms with E-state index >= 15 is 0 Å². The standard InChI is InChI=1S/C13H19NO5S/c1-10-9-11(3-4-12(10)17-2)20(15,16)14-6-5-13-18-7-8-19-13/h3-4,9,13-14H,5-8H2,1-2H3. The van der Waals surface area contributed by atoms with Crippen LogP contribution < -0.4 is 9.46 Å². The smallest absolute Gasteiger partial charge is 0.240 e. The Balaban J connectivity index is 1.96. The number of ether oxygens (including phenoxy) is 3. The molecule has 1 N–H and O–H groups in total. The van der Waals surface area contributed by atoms with Crippen LogP contribution in [0.3, 0.4) is 0 Å². The lowest BCUT2D eigenvalue weighted by atomic mass is 10.2. The first kappa shape index (κ1) is 15.2. The Labute approximate surface area is 119 Å². The molecule has 0 atom stereocenters. The van der Waals surface area contributed by atoms with Gasteiger partial charge in [0.25, 0.3) is 0 Å². The number of sulfonamides is 1. The van der Waals surface area contributed by atoms with Crippen LogP contribution in [0, 0.1) is 6.92 Å². The number of rotatable bonds is 6. The SMILES string of the molecule is COc1ccc(S(=O)(=O)NCCC2OCCO2)cc1C. The Morgan fingerprint density at radius 2 is 2.05 bits per heavy atom. The average molecular weight is 301 g/mol. The minimum Gasteiger partial charge on any atom is -0.496 e. The van der Waals surface area contributed by atoms with Crippen molar-refractivity contribution < 1.29 is 22.6 Å². The van der Waals surface area contributed by atoms with Crippen LogP contribution in [0.1, 0.15) is 12.0 Å². The van der Waals surface area contributed by atoms with E-state index in [2.05, 4.69) is 4.72 Å². The van der Waals surface area contributed by atoms with E-state index in [-0.39, 0.29) is 17.7 Å². The monoisotopic (exact) mass is 301 g/mol. The van der Waals surface area contributed by atoms with Gasteiger partial charge in [-0.2, -0.15) is 0 Å². The summed E-state index contributed by atoms with van der Waals surface area (Å²) in [5.41, 5.74) is 0.776. The number of hydrogen-bond donors (Lipinski definition) is 1. The summed E-state index contributed by atoms with van der Waals surface area (Å²) in [7, 11) is -1.96. The van der Waals surface area contributed by atoms with Crippen LogP contribution in [0.2, 0.25) is 0 Å². The van der Waals surface area contributed by atoms with E-state index in [0.717, 1.165) is 5.56 Å². The normalized spacial score (nSPS) is 16.5. The molecule has 0 radical (unpaired) electrons. The quantitative estimate of drug-likeness (QED) is 0.850. The first-order valence-electron chi connectivity index (χ1n) is 6.40. The van der Waals surface area contributed by atoms with E-state index < -0.39 is 10.0 Å². The number of benzene rings is 1. The summed E-state index contributed by atoms with van der Waals surface area (Å²) in [4.78, 5) is 0.226. The maximum absolute atomic E-state index is 12.1. The molecule has 20 heavy (non-hydrogen) atoms. The Morgan fingerprint density at radius 1 is 1.35 bits per heavy atom.